The number of fused-ring (bicyclic) bond motifs is 1. The number of aromatic nitrogens is 2. The molecular formula is C20H22N2O2. The Labute approximate surface area is 142 Å². The minimum Gasteiger partial charge on any atom is -0.337 e. The second kappa shape index (κ2) is 6.38. The summed E-state index contributed by atoms with van der Waals surface area (Å²) < 4.78 is 2.09. The van der Waals surface area contributed by atoms with Crippen LogP contribution in [-0.4, -0.2) is 15.7 Å². The maximum atomic E-state index is 6.04. The minimum atomic E-state index is -0.419. The summed E-state index contributed by atoms with van der Waals surface area (Å²) in [6.07, 6.45) is 8.59. The fraction of sp³-hybridized carbons (Fsp3) is 0.350. The third kappa shape index (κ3) is 2.83. The summed E-state index contributed by atoms with van der Waals surface area (Å²) in [5.74, 6) is 0. The molecular weight excluding hydrogens is 300 g/mol. The second-order valence-corrected chi connectivity index (χ2v) is 6.60. The lowest BCUT2D eigenvalue weighted by Crippen LogP contribution is -2.38. The zero-order chi connectivity index (χ0) is 16.4. The standard InChI is InChI=1S/C20H22N2O2/c1-16-9-10-20(24-23-16,11-13-22-14-12-21-15-22)19-8-4-6-17-5-2-3-7-18(17)19/h2-8,12,14-16H,9-11,13H2,1H3. The number of hydrogen-bond acceptors (Lipinski definition) is 3. The van der Waals surface area contributed by atoms with E-state index in [-0.39, 0.29) is 6.10 Å². The van der Waals surface area contributed by atoms with Crippen molar-refractivity contribution in [2.75, 3.05) is 0 Å². The fourth-order valence-corrected chi connectivity index (χ4v) is 3.53. The first-order valence-electron chi connectivity index (χ1n) is 8.55. The van der Waals surface area contributed by atoms with Crippen LogP contribution in [0, 0.1) is 0 Å². The van der Waals surface area contributed by atoms with Crippen molar-refractivity contribution in [2.45, 2.75) is 44.4 Å². The summed E-state index contributed by atoms with van der Waals surface area (Å²) >= 11 is 0. The predicted octanol–water partition coefficient (Wildman–Crippen LogP) is 4.45. The van der Waals surface area contributed by atoms with Crippen molar-refractivity contribution >= 4 is 10.8 Å². The molecule has 4 heteroatoms. The maximum absolute atomic E-state index is 6.04. The molecule has 0 aliphatic carbocycles. The van der Waals surface area contributed by atoms with Gasteiger partial charge in [0.1, 0.15) is 5.60 Å². The van der Waals surface area contributed by atoms with Crippen LogP contribution in [0.25, 0.3) is 10.8 Å². The molecule has 2 unspecified atom stereocenters. The number of imidazole rings is 1. The van der Waals surface area contributed by atoms with Crippen molar-refractivity contribution in [3.8, 4) is 0 Å². The van der Waals surface area contributed by atoms with Gasteiger partial charge in [-0.15, -0.1) is 0 Å². The highest BCUT2D eigenvalue weighted by Gasteiger charge is 2.39. The SMILES string of the molecule is CC1CCC(CCn2ccnc2)(c2cccc3ccccc23)OO1. The van der Waals surface area contributed by atoms with Crippen molar-refractivity contribution in [1.82, 2.24) is 9.55 Å². The summed E-state index contributed by atoms with van der Waals surface area (Å²) in [5, 5.41) is 2.48. The number of nitrogens with zero attached hydrogens (tertiary/aromatic N) is 2. The summed E-state index contributed by atoms with van der Waals surface area (Å²) in [7, 11) is 0. The van der Waals surface area contributed by atoms with E-state index >= 15 is 0 Å². The van der Waals surface area contributed by atoms with E-state index in [1.165, 1.54) is 16.3 Å². The Morgan fingerprint density at radius 1 is 1.21 bits per heavy atom. The van der Waals surface area contributed by atoms with Gasteiger partial charge in [-0.05, 0) is 36.1 Å². The highest BCUT2D eigenvalue weighted by atomic mass is 17.2. The molecule has 1 fully saturated rings. The van der Waals surface area contributed by atoms with Gasteiger partial charge in [-0.1, -0.05) is 42.5 Å². The van der Waals surface area contributed by atoms with Crippen LogP contribution in [0.1, 0.15) is 31.7 Å². The molecule has 2 heterocycles. The number of aryl methyl sites for hydroxylation is 1. The summed E-state index contributed by atoms with van der Waals surface area (Å²) in [5.41, 5.74) is 0.796. The normalized spacial score (nSPS) is 24.3. The monoisotopic (exact) mass is 322 g/mol. The maximum Gasteiger partial charge on any atom is 0.131 e. The van der Waals surface area contributed by atoms with Crippen molar-refractivity contribution in [1.29, 1.82) is 0 Å². The smallest absolute Gasteiger partial charge is 0.131 e. The van der Waals surface area contributed by atoms with E-state index < -0.39 is 5.60 Å². The molecule has 124 valence electrons. The molecule has 2 aromatic carbocycles. The topological polar surface area (TPSA) is 36.3 Å². The lowest BCUT2D eigenvalue weighted by atomic mass is 9.82. The van der Waals surface area contributed by atoms with Crippen LogP contribution in [0.3, 0.4) is 0 Å². The summed E-state index contributed by atoms with van der Waals surface area (Å²) in [4.78, 5) is 15.8. The average molecular weight is 322 g/mol. The Hall–Kier alpha value is -2.17. The summed E-state index contributed by atoms with van der Waals surface area (Å²) in [6, 6.07) is 14.9. The molecule has 2 atom stereocenters. The van der Waals surface area contributed by atoms with E-state index in [1.807, 2.05) is 18.7 Å². The third-order valence-corrected chi connectivity index (χ3v) is 4.94. The lowest BCUT2D eigenvalue weighted by molar-refractivity contribution is -0.413. The molecule has 0 radical (unpaired) electrons. The first-order chi connectivity index (χ1) is 11.8. The molecule has 3 aromatic rings. The Morgan fingerprint density at radius 2 is 2.08 bits per heavy atom. The fourth-order valence-electron chi connectivity index (χ4n) is 3.53. The van der Waals surface area contributed by atoms with Gasteiger partial charge in [0.05, 0.1) is 12.4 Å². The van der Waals surface area contributed by atoms with Crippen molar-refractivity contribution in [3.05, 3.63) is 66.7 Å². The molecule has 0 amide bonds. The van der Waals surface area contributed by atoms with Crippen molar-refractivity contribution in [2.24, 2.45) is 0 Å². The van der Waals surface area contributed by atoms with Crippen LogP contribution in [-0.2, 0) is 21.9 Å². The van der Waals surface area contributed by atoms with Gasteiger partial charge < -0.3 is 4.57 Å². The van der Waals surface area contributed by atoms with Gasteiger partial charge >= 0.3 is 0 Å². The Balaban J connectivity index is 1.74. The highest BCUT2D eigenvalue weighted by molar-refractivity contribution is 5.86. The summed E-state index contributed by atoms with van der Waals surface area (Å²) in [6.45, 7) is 2.91. The molecule has 0 N–H and O–H groups in total. The van der Waals surface area contributed by atoms with Crippen LogP contribution in [0.15, 0.2) is 61.2 Å². The van der Waals surface area contributed by atoms with E-state index in [2.05, 4.69) is 58.9 Å². The average Bonchev–Trinajstić information content (AvgIpc) is 3.15. The van der Waals surface area contributed by atoms with Gasteiger partial charge in [0.15, 0.2) is 0 Å². The Kier molecular flexibility index (Phi) is 4.08. The van der Waals surface area contributed by atoms with Crippen LogP contribution in [0.5, 0.6) is 0 Å². The first-order valence-corrected chi connectivity index (χ1v) is 8.55. The highest BCUT2D eigenvalue weighted by Crippen LogP contribution is 2.42. The molecule has 1 saturated heterocycles. The van der Waals surface area contributed by atoms with Crippen molar-refractivity contribution < 1.29 is 9.78 Å². The largest absolute Gasteiger partial charge is 0.337 e. The molecule has 0 bridgehead atoms. The molecule has 0 saturated carbocycles. The van der Waals surface area contributed by atoms with Gasteiger partial charge in [-0.3, -0.25) is 0 Å². The molecule has 1 aliphatic heterocycles. The number of hydrogen-bond donors (Lipinski definition) is 0. The van der Waals surface area contributed by atoms with Gasteiger partial charge in [0.2, 0.25) is 0 Å². The number of rotatable bonds is 4. The minimum absolute atomic E-state index is 0.140. The van der Waals surface area contributed by atoms with Gasteiger partial charge in [-0.25, -0.2) is 14.8 Å². The third-order valence-electron chi connectivity index (χ3n) is 4.94. The van der Waals surface area contributed by atoms with E-state index in [1.54, 1.807) is 0 Å². The molecule has 4 rings (SSSR count). The number of benzene rings is 2. The Morgan fingerprint density at radius 3 is 2.88 bits per heavy atom. The van der Waals surface area contributed by atoms with Crippen molar-refractivity contribution in [3.63, 3.8) is 0 Å². The molecule has 1 aromatic heterocycles. The second-order valence-electron chi connectivity index (χ2n) is 6.60. The van der Waals surface area contributed by atoms with Crippen LogP contribution in [0.2, 0.25) is 0 Å². The van der Waals surface area contributed by atoms with Gasteiger partial charge in [-0.2, -0.15) is 0 Å². The van der Waals surface area contributed by atoms with E-state index in [9.17, 15) is 0 Å². The van der Waals surface area contributed by atoms with Crippen LogP contribution >= 0.6 is 0 Å². The predicted molar refractivity (Wildman–Crippen MR) is 93.3 cm³/mol. The molecule has 24 heavy (non-hydrogen) atoms. The van der Waals surface area contributed by atoms with Gasteiger partial charge in [0, 0.05) is 25.4 Å². The first kappa shape index (κ1) is 15.4. The van der Waals surface area contributed by atoms with Gasteiger partial charge in [0.25, 0.3) is 0 Å². The lowest BCUT2D eigenvalue weighted by Gasteiger charge is -2.39. The molecule has 1 aliphatic rings. The van der Waals surface area contributed by atoms with E-state index in [4.69, 9.17) is 9.78 Å². The van der Waals surface area contributed by atoms with Crippen LogP contribution < -0.4 is 0 Å². The zero-order valence-electron chi connectivity index (χ0n) is 13.9. The zero-order valence-corrected chi connectivity index (χ0v) is 13.9. The molecule has 4 nitrogen and oxygen atoms in total. The van der Waals surface area contributed by atoms with Crippen LogP contribution in [0.4, 0.5) is 0 Å². The Bertz CT molecular complexity index is 800. The van der Waals surface area contributed by atoms with E-state index in [0.29, 0.717) is 0 Å². The quantitative estimate of drug-likeness (QED) is 0.666. The molecule has 0 spiro atoms. The van der Waals surface area contributed by atoms with E-state index in [0.717, 1.165) is 25.8 Å².